The number of fused-ring (bicyclic) bond motifs is 6. The van der Waals surface area contributed by atoms with Crippen molar-refractivity contribution in [2.24, 2.45) is 0 Å². The third-order valence-electron chi connectivity index (χ3n) is 11.1. The van der Waals surface area contributed by atoms with Crippen LogP contribution in [0.25, 0.3) is 88.5 Å². The Labute approximate surface area is 335 Å². The fourth-order valence-electron chi connectivity index (χ4n) is 8.32. The molecule has 4 nitrogen and oxygen atoms in total. The van der Waals surface area contributed by atoms with Gasteiger partial charge in [0.25, 0.3) is 0 Å². The van der Waals surface area contributed by atoms with Gasteiger partial charge in [-0.1, -0.05) is 158 Å². The first-order valence-electron chi connectivity index (χ1n) is 19.6. The third-order valence-corrected chi connectivity index (χ3v) is 11.1. The average molecular weight is 742 g/mol. The minimum absolute atomic E-state index is 0.659. The molecule has 0 spiro atoms. The highest BCUT2D eigenvalue weighted by Gasteiger charge is 2.21. The van der Waals surface area contributed by atoms with Crippen LogP contribution in [0.2, 0.25) is 0 Å². The Bertz CT molecular complexity index is 3210. The van der Waals surface area contributed by atoms with Gasteiger partial charge in [-0.15, -0.1) is 0 Å². The van der Waals surface area contributed by atoms with Crippen LogP contribution in [0, 0.1) is 0 Å². The van der Waals surface area contributed by atoms with Gasteiger partial charge in [-0.05, 0) is 87.3 Å². The van der Waals surface area contributed by atoms with Gasteiger partial charge in [-0.2, -0.15) is 0 Å². The van der Waals surface area contributed by atoms with Crippen molar-refractivity contribution in [3.63, 3.8) is 0 Å². The maximum atomic E-state index is 6.76. The molecule has 272 valence electrons. The number of nitrogens with zero attached hydrogens (tertiary/aromatic N) is 3. The van der Waals surface area contributed by atoms with Crippen LogP contribution in [0.3, 0.4) is 0 Å². The largest absolute Gasteiger partial charge is 0.456 e. The molecular formula is C54H35N3O. The first-order valence-corrected chi connectivity index (χ1v) is 19.6. The van der Waals surface area contributed by atoms with E-state index in [2.05, 4.69) is 169 Å². The lowest BCUT2D eigenvalue weighted by molar-refractivity contribution is 0.669. The summed E-state index contributed by atoms with van der Waals surface area (Å²) in [6.07, 6.45) is 0. The van der Waals surface area contributed by atoms with Crippen molar-refractivity contribution in [3.05, 3.63) is 212 Å². The molecule has 58 heavy (non-hydrogen) atoms. The van der Waals surface area contributed by atoms with Crippen LogP contribution in [-0.2, 0) is 0 Å². The van der Waals surface area contributed by atoms with E-state index < -0.39 is 0 Å². The molecular weight excluding hydrogens is 707 g/mol. The van der Waals surface area contributed by atoms with E-state index in [4.69, 9.17) is 14.4 Å². The molecule has 2 heterocycles. The molecule has 0 aliphatic carbocycles. The van der Waals surface area contributed by atoms with Crippen molar-refractivity contribution >= 4 is 60.5 Å². The summed E-state index contributed by atoms with van der Waals surface area (Å²) in [7, 11) is 0. The smallest absolute Gasteiger partial charge is 0.161 e. The number of hydrogen-bond donors (Lipinski definition) is 0. The summed E-state index contributed by atoms with van der Waals surface area (Å²) < 4.78 is 6.76. The maximum absolute atomic E-state index is 6.76. The topological polar surface area (TPSA) is 42.2 Å². The summed E-state index contributed by atoms with van der Waals surface area (Å²) in [5.74, 6) is 0.659. The van der Waals surface area contributed by atoms with Crippen molar-refractivity contribution in [2.75, 3.05) is 4.90 Å². The first kappa shape index (κ1) is 33.5. The number of aromatic nitrogens is 2. The van der Waals surface area contributed by atoms with E-state index in [1.807, 2.05) is 48.5 Å². The summed E-state index contributed by atoms with van der Waals surface area (Å²) in [5, 5.41) is 6.77. The maximum Gasteiger partial charge on any atom is 0.161 e. The van der Waals surface area contributed by atoms with E-state index in [1.54, 1.807) is 0 Å². The Morgan fingerprint density at radius 1 is 0.345 bits per heavy atom. The minimum Gasteiger partial charge on any atom is -0.456 e. The van der Waals surface area contributed by atoms with E-state index in [9.17, 15) is 0 Å². The molecule has 0 atom stereocenters. The average Bonchev–Trinajstić information content (AvgIpc) is 3.69. The van der Waals surface area contributed by atoms with Crippen LogP contribution in [0.1, 0.15) is 0 Å². The molecule has 2 aromatic heterocycles. The van der Waals surface area contributed by atoms with Gasteiger partial charge in [0.1, 0.15) is 11.2 Å². The Hall–Kier alpha value is -7.82. The second-order valence-corrected chi connectivity index (χ2v) is 14.6. The fraction of sp³-hybridized carbons (Fsp3) is 0. The SMILES string of the molecule is c1ccc(-c2cc(-c3ccccc3)nc(-c3cccc4oc5cc(-c6ccc(N(c7ccccc7)c7ccc8ccccc8c7)cc6)c6ccccc6c5c34)n2)cc1. The van der Waals surface area contributed by atoms with E-state index >= 15 is 0 Å². The molecule has 0 radical (unpaired) electrons. The summed E-state index contributed by atoms with van der Waals surface area (Å²) in [5.41, 5.74) is 11.9. The summed E-state index contributed by atoms with van der Waals surface area (Å²) >= 11 is 0. The Morgan fingerprint density at radius 3 is 1.64 bits per heavy atom. The zero-order valence-corrected chi connectivity index (χ0v) is 31.5. The van der Waals surface area contributed by atoms with Crippen molar-refractivity contribution in [3.8, 4) is 45.0 Å². The first-order chi connectivity index (χ1) is 28.7. The zero-order valence-electron chi connectivity index (χ0n) is 31.5. The van der Waals surface area contributed by atoms with Crippen molar-refractivity contribution in [2.45, 2.75) is 0 Å². The summed E-state index contributed by atoms with van der Waals surface area (Å²) in [6.45, 7) is 0. The molecule has 9 aromatic carbocycles. The van der Waals surface area contributed by atoms with Gasteiger partial charge in [0.2, 0.25) is 0 Å². The molecule has 0 aliphatic rings. The minimum atomic E-state index is 0.659. The number of hydrogen-bond acceptors (Lipinski definition) is 4. The Morgan fingerprint density at radius 2 is 0.931 bits per heavy atom. The number of furan rings is 1. The lowest BCUT2D eigenvalue weighted by Gasteiger charge is -2.26. The van der Waals surface area contributed by atoms with Crippen molar-refractivity contribution < 1.29 is 4.42 Å². The van der Waals surface area contributed by atoms with Gasteiger partial charge in [0.15, 0.2) is 5.82 Å². The van der Waals surface area contributed by atoms with E-state index in [0.29, 0.717) is 5.82 Å². The molecule has 0 saturated heterocycles. The molecule has 11 aromatic rings. The van der Waals surface area contributed by atoms with Crippen molar-refractivity contribution in [1.29, 1.82) is 0 Å². The van der Waals surface area contributed by atoms with E-state index in [1.165, 1.54) is 10.8 Å². The normalized spacial score (nSPS) is 11.4. The van der Waals surface area contributed by atoms with Crippen molar-refractivity contribution in [1.82, 2.24) is 9.97 Å². The number of para-hydroxylation sites is 1. The van der Waals surface area contributed by atoms with Crippen LogP contribution in [0.15, 0.2) is 217 Å². The predicted molar refractivity (Wildman–Crippen MR) is 241 cm³/mol. The van der Waals surface area contributed by atoms with E-state index in [0.717, 1.165) is 89.0 Å². The summed E-state index contributed by atoms with van der Waals surface area (Å²) in [4.78, 5) is 12.7. The molecule has 0 N–H and O–H groups in total. The van der Waals surface area contributed by atoms with Gasteiger partial charge >= 0.3 is 0 Å². The molecule has 0 unspecified atom stereocenters. The predicted octanol–water partition coefficient (Wildman–Crippen LogP) is 14.8. The molecule has 0 bridgehead atoms. The lowest BCUT2D eigenvalue weighted by atomic mass is 9.93. The lowest BCUT2D eigenvalue weighted by Crippen LogP contribution is -2.09. The molecule has 11 rings (SSSR count). The highest BCUT2D eigenvalue weighted by atomic mass is 16.3. The van der Waals surface area contributed by atoms with Crippen LogP contribution >= 0.6 is 0 Å². The summed E-state index contributed by atoms with van der Waals surface area (Å²) in [6, 6.07) is 74.4. The zero-order chi connectivity index (χ0) is 38.4. The highest BCUT2D eigenvalue weighted by Crippen LogP contribution is 2.44. The van der Waals surface area contributed by atoms with Gasteiger partial charge in [0.05, 0.1) is 11.4 Å². The van der Waals surface area contributed by atoms with Crippen LogP contribution in [0.5, 0.6) is 0 Å². The third kappa shape index (κ3) is 5.87. The standard InChI is InChI=1S/C54H35N3O/c1-4-16-38(17-5-1)48-35-49(39-18-6-2-7-19-39)56-54(55-48)46-25-14-26-50-53(46)52-45-24-13-12-23-44(45)47(34-51(52)58-50)37-28-30-42(31-29-37)57(41-21-8-3-9-22-41)43-32-27-36-15-10-11-20-40(36)33-43/h1-35H. The van der Waals surface area contributed by atoms with Crippen LogP contribution in [-0.4, -0.2) is 9.97 Å². The number of benzene rings is 9. The second-order valence-electron chi connectivity index (χ2n) is 14.6. The fourth-order valence-corrected chi connectivity index (χ4v) is 8.32. The number of rotatable bonds is 7. The molecule has 0 amide bonds. The Kier molecular flexibility index (Phi) is 8.11. The van der Waals surface area contributed by atoms with Gasteiger partial charge in [-0.3, -0.25) is 0 Å². The number of anilines is 3. The van der Waals surface area contributed by atoms with Gasteiger partial charge in [0, 0.05) is 44.5 Å². The Balaban J connectivity index is 1.06. The molecule has 0 saturated carbocycles. The quantitative estimate of drug-likeness (QED) is 0.163. The van der Waals surface area contributed by atoms with E-state index in [-0.39, 0.29) is 0 Å². The monoisotopic (exact) mass is 741 g/mol. The van der Waals surface area contributed by atoms with Gasteiger partial charge in [-0.25, -0.2) is 9.97 Å². The van der Waals surface area contributed by atoms with Gasteiger partial charge < -0.3 is 9.32 Å². The molecule has 0 aliphatic heterocycles. The highest BCUT2D eigenvalue weighted by molar-refractivity contribution is 6.25. The van der Waals surface area contributed by atoms with Crippen LogP contribution < -0.4 is 4.90 Å². The van der Waals surface area contributed by atoms with Crippen LogP contribution in [0.4, 0.5) is 17.1 Å². The molecule has 0 fully saturated rings. The molecule has 4 heteroatoms. The second kappa shape index (κ2) is 14.0.